The quantitative estimate of drug-likeness (QED) is 0.381. The molecule has 3 fully saturated rings. The van der Waals surface area contributed by atoms with Crippen LogP contribution in [-0.4, -0.2) is 66.7 Å². The van der Waals surface area contributed by atoms with Crippen LogP contribution >= 0.6 is 0 Å². The zero-order valence-electron chi connectivity index (χ0n) is 23.9. The van der Waals surface area contributed by atoms with Crippen molar-refractivity contribution in [2.75, 3.05) is 26.2 Å². The zero-order chi connectivity index (χ0) is 30.0. The third-order valence-corrected chi connectivity index (χ3v) is 8.12. The highest BCUT2D eigenvalue weighted by Crippen LogP contribution is 2.44. The zero-order valence-corrected chi connectivity index (χ0v) is 23.9. The molecule has 0 spiro atoms. The van der Waals surface area contributed by atoms with Gasteiger partial charge in [0.25, 0.3) is 5.91 Å². The molecular formula is C31H38F4N2O5. The maximum atomic E-state index is 13.9. The van der Waals surface area contributed by atoms with Crippen LogP contribution in [0.1, 0.15) is 56.2 Å². The summed E-state index contributed by atoms with van der Waals surface area (Å²) in [5, 5.41) is 3.04. The molecule has 230 valence electrons. The summed E-state index contributed by atoms with van der Waals surface area (Å²) < 4.78 is 78.4. The second kappa shape index (κ2) is 12.6. The smallest absolute Gasteiger partial charge is 0.371 e. The Morgan fingerprint density at radius 1 is 1.02 bits per heavy atom. The topological polar surface area (TPSA) is 69.3 Å². The van der Waals surface area contributed by atoms with E-state index < -0.39 is 41.4 Å². The molecule has 2 aromatic rings. The summed E-state index contributed by atoms with van der Waals surface area (Å²) in [6.07, 6.45) is -3.72. The van der Waals surface area contributed by atoms with Crippen molar-refractivity contribution in [3.05, 3.63) is 71.0 Å². The standard InChI is InChI=1S/C31H38F4N2O5/c1-29(2)41-26-18-30(40-20-21-8-10-24(32)11-9-21,28(38)36-12-15-37-13-3-4-14-37)17-25(27(26)42-29)39-19-22-6-5-7-23(16-22)31(33,34)35/h5-11,16,25-27H,3-4,12-15,17-20H2,1-2H3,(H,36,38)/t25-,26+,27-,30+/m0/s1. The predicted octanol–water partition coefficient (Wildman–Crippen LogP) is 5.21. The van der Waals surface area contributed by atoms with Gasteiger partial charge in [-0.25, -0.2) is 4.39 Å². The van der Waals surface area contributed by atoms with Crippen molar-refractivity contribution in [2.24, 2.45) is 0 Å². The van der Waals surface area contributed by atoms with Gasteiger partial charge in [0.1, 0.15) is 11.9 Å². The molecule has 2 aliphatic heterocycles. The number of carbonyl (C=O) groups is 1. The number of fused-ring (bicyclic) bond motifs is 1. The molecule has 0 bridgehead atoms. The first-order chi connectivity index (χ1) is 19.9. The Morgan fingerprint density at radius 3 is 2.48 bits per heavy atom. The Hall–Kier alpha value is -2.57. The molecule has 7 nitrogen and oxygen atoms in total. The van der Waals surface area contributed by atoms with E-state index in [0.717, 1.165) is 38.1 Å². The maximum Gasteiger partial charge on any atom is 0.416 e. The van der Waals surface area contributed by atoms with Crippen LogP contribution in [-0.2, 0) is 43.1 Å². The number of nitrogens with one attached hydrogen (secondary N) is 1. The van der Waals surface area contributed by atoms with E-state index in [0.29, 0.717) is 24.2 Å². The minimum absolute atomic E-state index is 0.0435. The van der Waals surface area contributed by atoms with E-state index in [4.69, 9.17) is 18.9 Å². The molecule has 5 rings (SSSR count). The van der Waals surface area contributed by atoms with Gasteiger partial charge >= 0.3 is 6.18 Å². The Labute approximate surface area is 243 Å². The number of likely N-dealkylation sites (tertiary alicyclic amines) is 1. The third-order valence-electron chi connectivity index (χ3n) is 8.12. The summed E-state index contributed by atoms with van der Waals surface area (Å²) in [5.74, 6) is -1.65. The summed E-state index contributed by atoms with van der Waals surface area (Å²) in [6.45, 7) is 6.61. The van der Waals surface area contributed by atoms with Gasteiger partial charge < -0.3 is 29.2 Å². The highest BCUT2D eigenvalue weighted by molar-refractivity contribution is 5.85. The summed E-state index contributed by atoms with van der Waals surface area (Å²) in [5.41, 5.74) is -1.10. The highest BCUT2D eigenvalue weighted by Gasteiger charge is 2.58. The second-order valence-corrected chi connectivity index (χ2v) is 11.8. The molecule has 0 unspecified atom stereocenters. The number of hydrogen-bond donors (Lipinski definition) is 1. The molecular weight excluding hydrogens is 556 g/mol. The lowest BCUT2D eigenvalue weighted by atomic mass is 9.78. The van der Waals surface area contributed by atoms with E-state index in [-0.39, 0.29) is 37.8 Å². The van der Waals surface area contributed by atoms with Gasteiger partial charge in [0.2, 0.25) is 0 Å². The van der Waals surface area contributed by atoms with Crippen LogP contribution in [0.5, 0.6) is 0 Å². The summed E-state index contributed by atoms with van der Waals surface area (Å²) in [7, 11) is 0. The fraction of sp³-hybridized carbons (Fsp3) is 0.581. The van der Waals surface area contributed by atoms with Gasteiger partial charge in [0.05, 0.1) is 31.0 Å². The largest absolute Gasteiger partial charge is 0.416 e. The third kappa shape index (κ3) is 7.49. The minimum Gasteiger partial charge on any atom is -0.371 e. The van der Waals surface area contributed by atoms with Crippen molar-refractivity contribution < 1.29 is 41.3 Å². The molecule has 0 aromatic heterocycles. The Morgan fingerprint density at radius 2 is 1.76 bits per heavy atom. The van der Waals surface area contributed by atoms with Crippen LogP contribution in [0.15, 0.2) is 48.5 Å². The van der Waals surface area contributed by atoms with E-state index in [2.05, 4.69) is 10.2 Å². The summed E-state index contributed by atoms with van der Waals surface area (Å²) in [6, 6.07) is 10.8. The first kappa shape index (κ1) is 30.9. The molecule has 1 N–H and O–H groups in total. The Balaban J connectivity index is 1.37. The normalized spacial score (nSPS) is 27.6. The molecule has 1 saturated carbocycles. The van der Waals surface area contributed by atoms with E-state index in [9.17, 15) is 22.4 Å². The number of nitrogens with zero attached hydrogens (tertiary/aromatic N) is 1. The van der Waals surface area contributed by atoms with Gasteiger partial charge in [0.15, 0.2) is 11.4 Å². The number of rotatable bonds is 10. The van der Waals surface area contributed by atoms with Crippen molar-refractivity contribution in [3.63, 3.8) is 0 Å². The number of carbonyl (C=O) groups excluding carboxylic acids is 1. The van der Waals surface area contributed by atoms with Crippen molar-refractivity contribution in [1.82, 2.24) is 10.2 Å². The van der Waals surface area contributed by atoms with Gasteiger partial charge in [-0.1, -0.05) is 24.3 Å². The number of amides is 1. The fourth-order valence-corrected chi connectivity index (χ4v) is 6.05. The average molecular weight is 595 g/mol. The number of alkyl halides is 3. The fourth-order valence-electron chi connectivity index (χ4n) is 6.05. The molecule has 1 aliphatic carbocycles. The van der Waals surface area contributed by atoms with Crippen LogP contribution in [0.25, 0.3) is 0 Å². The molecule has 42 heavy (non-hydrogen) atoms. The van der Waals surface area contributed by atoms with Crippen LogP contribution in [0.2, 0.25) is 0 Å². The number of hydrogen-bond acceptors (Lipinski definition) is 6. The first-order valence-corrected chi connectivity index (χ1v) is 14.4. The second-order valence-electron chi connectivity index (χ2n) is 11.8. The summed E-state index contributed by atoms with van der Waals surface area (Å²) in [4.78, 5) is 16.2. The molecule has 1 amide bonds. The average Bonchev–Trinajstić information content (AvgIpc) is 3.57. The van der Waals surface area contributed by atoms with Crippen LogP contribution in [0, 0.1) is 5.82 Å². The van der Waals surface area contributed by atoms with Crippen LogP contribution in [0.4, 0.5) is 17.6 Å². The van der Waals surface area contributed by atoms with Gasteiger partial charge in [-0.15, -0.1) is 0 Å². The lowest BCUT2D eigenvalue weighted by Gasteiger charge is -2.43. The number of halogens is 4. The van der Waals surface area contributed by atoms with Crippen molar-refractivity contribution in [3.8, 4) is 0 Å². The van der Waals surface area contributed by atoms with E-state index in [1.807, 2.05) is 0 Å². The molecule has 3 aliphatic rings. The molecule has 2 heterocycles. The molecule has 4 atom stereocenters. The van der Waals surface area contributed by atoms with Gasteiger partial charge in [-0.3, -0.25) is 4.79 Å². The van der Waals surface area contributed by atoms with E-state index in [1.54, 1.807) is 32.0 Å². The van der Waals surface area contributed by atoms with Gasteiger partial charge in [0, 0.05) is 25.9 Å². The highest BCUT2D eigenvalue weighted by atomic mass is 19.4. The van der Waals surface area contributed by atoms with Crippen molar-refractivity contribution in [2.45, 2.75) is 88.6 Å². The molecule has 2 saturated heterocycles. The van der Waals surface area contributed by atoms with Crippen LogP contribution < -0.4 is 5.32 Å². The van der Waals surface area contributed by atoms with Crippen LogP contribution in [0.3, 0.4) is 0 Å². The van der Waals surface area contributed by atoms with E-state index >= 15 is 0 Å². The van der Waals surface area contributed by atoms with Crippen molar-refractivity contribution in [1.29, 1.82) is 0 Å². The maximum absolute atomic E-state index is 13.9. The van der Waals surface area contributed by atoms with Gasteiger partial charge in [-0.2, -0.15) is 13.2 Å². The Bertz CT molecular complexity index is 1220. The lowest BCUT2D eigenvalue weighted by molar-refractivity contribution is -0.183. The minimum atomic E-state index is -4.48. The SMILES string of the molecule is CC1(C)O[C@H]2[C@@H](OCc3cccc(C(F)(F)F)c3)C[C@](OCc3ccc(F)cc3)(C(=O)NCCN3CCCC3)C[C@H]2O1. The van der Waals surface area contributed by atoms with E-state index in [1.165, 1.54) is 18.2 Å². The monoisotopic (exact) mass is 594 g/mol. The Kier molecular flexibility index (Phi) is 9.24. The molecule has 2 aromatic carbocycles. The van der Waals surface area contributed by atoms with Crippen molar-refractivity contribution >= 4 is 5.91 Å². The first-order valence-electron chi connectivity index (χ1n) is 14.4. The number of ether oxygens (including phenoxy) is 4. The molecule has 11 heteroatoms. The summed E-state index contributed by atoms with van der Waals surface area (Å²) >= 11 is 0. The number of benzene rings is 2. The lowest BCUT2D eigenvalue weighted by Crippen LogP contribution is -2.60. The molecule has 0 radical (unpaired) electrons. The van der Waals surface area contributed by atoms with Gasteiger partial charge in [-0.05, 0) is 75.2 Å². The predicted molar refractivity (Wildman–Crippen MR) is 146 cm³/mol.